The Bertz CT molecular complexity index is 1230. The molecule has 1 aliphatic heterocycles. The number of methoxy groups -OCH3 is 2. The summed E-state index contributed by atoms with van der Waals surface area (Å²) >= 11 is 0. The van der Waals surface area contributed by atoms with Crippen LogP contribution < -0.4 is 25.0 Å². The van der Waals surface area contributed by atoms with E-state index in [1.165, 1.54) is 11.4 Å². The normalized spacial score (nSPS) is 15.8. The number of halogens is 1. The van der Waals surface area contributed by atoms with Gasteiger partial charge in [0.25, 0.3) is 0 Å². The van der Waals surface area contributed by atoms with Gasteiger partial charge in [-0.1, -0.05) is 0 Å². The van der Waals surface area contributed by atoms with Crippen LogP contribution in [0.1, 0.15) is 36.2 Å². The molecule has 0 amide bonds. The van der Waals surface area contributed by atoms with Crippen LogP contribution in [0.15, 0.2) is 40.3 Å². The number of anilines is 3. The van der Waals surface area contributed by atoms with Crippen LogP contribution in [0, 0.1) is 0 Å². The lowest BCUT2D eigenvalue weighted by Crippen LogP contribution is -2.44. The molecular weight excluding hydrogens is 446 g/mol. The summed E-state index contributed by atoms with van der Waals surface area (Å²) in [5.41, 5.74) is 10.2. The Labute approximate surface area is 197 Å². The van der Waals surface area contributed by atoms with Crippen LogP contribution in [-0.4, -0.2) is 43.6 Å². The summed E-state index contributed by atoms with van der Waals surface area (Å²) in [4.78, 5) is 25.2. The van der Waals surface area contributed by atoms with Gasteiger partial charge in [-0.15, -0.1) is 12.4 Å². The summed E-state index contributed by atoms with van der Waals surface area (Å²) < 4.78 is 16.2. The third kappa shape index (κ3) is 3.82. The SMILES string of the molecule is COc1cc2nc(N3CCN(c4ccoc4C=O)C4=C3CCCC4)nc(N)c2cc1OC.Cl. The van der Waals surface area contributed by atoms with Gasteiger partial charge in [-0.25, -0.2) is 4.98 Å². The molecule has 0 atom stereocenters. The first-order chi connectivity index (χ1) is 15.6. The van der Waals surface area contributed by atoms with Gasteiger partial charge in [-0.2, -0.15) is 4.98 Å². The largest absolute Gasteiger partial charge is 0.493 e. The number of rotatable bonds is 5. The van der Waals surface area contributed by atoms with Crippen LogP contribution in [0.4, 0.5) is 17.5 Å². The third-order valence-corrected chi connectivity index (χ3v) is 6.14. The molecule has 3 heterocycles. The summed E-state index contributed by atoms with van der Waals surface area (Å²) in [5.74, 6) is 2.49. The minimum atomic E-state index is 0. The van der Waals surface area contributed by atoms with Crippen LogP contribution in [0.25, 0.3) is 10.9 Å². The number of nitrogens with two attached hydrogens (primary N) is 1. The minimum Gasteiger partial charge on any atom is -0.493 e. The fourth-order valence-corrected chi connectivity index (χ4v) is 4.62. The number of furan rings is 1. The molecule has 10 heteroatoms. The van der Waals surface area contributed by atoms with Crippen molar-refractivity contribution >= 4 is 47.0 Å². The first-order valence-electron chi connectivity index (χ1n) is 10.6. The van der Waals surface area contributed by atoms with Crippen molar-refractivity contribution in [2.75, 3.05) is 42.8 Å². The second kappa shape index (κ2) is 9.19. The number of hydrogen-bond acceptors (Lipinski definition) is 9. The number of aldehydes is 1. The van der Waals surface area contributed by atoms with Crippen molar-refractivity contribution in [3.8, 4) is 11.5 Å². The number of aromatic nitrogens is 2. The average molecular weight is 472 g/mol. The number of carbonyl (C=O) groups is 1. The van der Waals surface area contributed by atoms with E-state index in [9.17, 15) is 4.79 Å². The predicted octanol–water partition coefficient (Wildman–Crippen LogP) is 4.17. The summed E-state index contributed by atoms with van der Waals surface area (Å²) in [6.45, 7) is 1.35. The molecule has 0 spiro atoms. The van der Waals surface area contributed by atoms with Crippen LogP contribution in [-0.2, 0) is 0 Å². The third-order valence-electron chi connectivity index (χ3n) is 6.14. The van der Waals surface area contributed by atoms with Crippen LogP contribution >= 0.6 is 12.4 Å². The van der Waals surface area contributed by atoms with Crippen molar-refractivity contribution in [1.82, 2.24) is 9.97 Å². The molecule has 0 saturated carbocycles. The Morgan fingerprint density at radius 2 is 1.70 bits per heavy atom. The molecule has 5 rings (SSSR count). The molecule has 2 aromatic heterocycles. The number of nitrogen functional groups attached to an aromatic ring is 1. The van der Waals surface area contributed by atoms with Crippen molar-refractivity contribution in [3.63, 3.8) is 0 Å². The van der Waals surface area contributed by atoms with E-state index >= 15 is 0 Å². The van der Waals surface area contributed by atoms with Gasteiger partial charge >= 0.3 is 0 Å². The van der Waals surface area contributed by atoms with Gasteiger partial charge in [0.1, 0.15) is 5.82 Å². The molecule has 9 nitrogen and oxygen atoms in total. The highest BCUT2D eigenvalue weighted by molar-refractivity contribution is 5.92. The summed E-state index contributed by atoms with van der Waals surface area (Å²) in [7, 11) is 3.18. The van der Waals surface area contributed by atoms with E-state index in [-0.39, 0.29) is 12.4 Å². The van der Waals surface area contributed by atoms with E-state index in [0.717, 1.165) is 43.0 Å². The Morgan fingerprint density at radius 1 is 1.03 bits per heavy atom. The van der Waals surface area contributed by atoms with Crippen LogP contribution in [0.5, 0.6) is 11.5 Å². The molecule has 0 bridgehead atoms. The Morgan fingerprint density at radius 3 is 2.39 bits per heavy atom. The quantitative estimate of drug-likeness (QED) is 0.548. The van der Waals surface area contributed by atoms with E-state index in [1.807, 2.05) is 12.1 Å². The number of ether oxygens (including phenoxy) is 2. The van der Waals surface area contributed by atoms with Gasteiger partial charge in [0.2, 0.25) is 5.95 Å². The molecule has 1 aliphatic carbocycles. The summed E-state index contributed by atoms with van der Waals surface area (Å²) in [6, 6.07) is 5.48. The zero-order chi connectivity index (χ0) is 22.2. The second-order valence-electron chi connectivity index (χ2n) is 7.82. The Hall–Kier alpha value is -3.46. The molecule has 0 radical (unpaired) electrons. The van der Waals surface area contributed by atoms with Gasteiger partial charge in [0, 0.05) is 42.0 Å². The maximum Gasteiger partial charge on any atom is 0.232 e. The Kier molecular flexibility index (Phi) is 6.33. The van der Waals surface area contributed by atoms with Gasteiger partial charge < -0.3 is 29.4 Å². The van der Waals surface area contributed by atoms with E-state index in [1.54, 1.807) is 26.5 Å². The number of allylic oxidation sites excluding steroid dienone is 2. The van der Waals surface area contributed by atoms with Crippen LogP contribution in [0.3, 0.4) is 0 Å². The number of nitrogens with zero attached hydrogens (tertiary/aromatic N) is 4. The molecule has 2 N–H and O–H groups in total. The van der Waals surface area contributed by atoms with Crippen molar-refractivity contribution in [1.29, 1.82) is 0 Å². The average Bonchev–Trinajstić information content (AvgIpc) is 3.31. The van der Waals surface area contributed by atoms with E-state index in [2.05, 4.69) is 14.8 Å². The first kappa shape index (κ1) is 22.7. The van der Waals surface area contributed by atoms with Gasteiger partial charge in [-0.3, -0.25) is 4.79 Å². The molecule has 33 heavy (non-hydrogen) atoms. The van der Waals surface area contributed by atoms with Gasteiger partial charge in [0.15, 0.2) is 23.5 Å². The molecular formula is C23H26ClN5O4. The molecule has 174 valence electrons. The highest BCUT2D eigenvalue weighted by Gasteiger charge is 2.32. The standard InChI is InChI=1S/C23H25N5O4.ClH/c1-30-19-11-14-15(12-20(19)31-2)25-23(26-22(14)24)28-9-8-27(16-5-3-4-6-17(16)28)18-7-10-32-21(18)13-29;/h7,10-13H,3-6,8-9H2,1-2H3,(H2,24,25,26);1H. The molecule has 3 aromatic rings. The van der Waals surface area contributed by atoms with Gasteiger partial charge in [0.05, 0.1) is 31.7 Å². The zero-order valence-electron chi connectivity index (χ0n) is 18.5. The lowest BCUT2D eigenvalue weighted by Gasteiger charge is -2.41. The maximum atomic E-state index is 11.4. The number of hydrogen-bond donors (Lipinski definition) is 1. The predicted molar refractivity (Wildman–Crippen MR) is 129 cm³/mol. The fourth-order valence-electron chi connectivity index (χ4n) is 4.62. The molecule has 0 unspecified atom stereocenters. The van der Waals surface area contributed by atoms with Crippen molar-refractivity contribution in [3.05, 3.63) is 41.6 Å². The lowest BCUT2D eigenvalue weighted by molar-refractivity contribution is 0.110. The van der Waals surface area contributed by atoms with Crippen LogP contribution in [0.2, 0.25) is 0 Å². The summed E-state index contributed by atoms with van der Waals surface area (Å²) in [5, 5.41) is 0.719. The van der Waals surface area contributed by atoms with Crippen molar-refractivity contribution in [2.24, 2.45) is 0 Å². The second-order valence-corrected chi connectivity index (χ2v) is 7.82. The topological polar surface area (TPSA) is 107 Å². The number of fused-ring (bicyclic) bond motifs is 1. The van der Waals surface area contributed by atoms with Crippen molar-refractivity contribution < 1.29 is 18.7 Å². The maximum absolute atomic E-state index is 11.4. The smallest absolute Gasteiger partial charge is 0.232 e. The lowest BCUT2D eigenvalue weighted by atomic mass is 9.97. The summed E-state index contributed by atoms with van der Waals surface area (Å²) in [6.07, 6.45) is 6.33. The molecule has 2 aliphatic rings. The number of benzene rings is 1. The van der Waals surface area contributed by atoms with E-state index in [0.29, 0.717) is 47.6 Å². The fraction of sp³-hybridized carbons (Fsp3) is 0.348. The molecule has 1 aromatic carbocycles. The van der Waals surface area contributed by atoms with E-state index in [4.69, 9.17) is 24.6 Å². The molecule has 0 saturated heterocycles. The number of carbonyl (C=O) groups excluding carboxylic acids is 1. The zero-order valence-corrected chi connectivity index (χ0v) is 19.4. The first-order valence-corrected chi connectivity index (χ1v) is 10.6. The van der Waals surface area contributed by atoms with Gasteiger partial charge in [-0.05, 0) is 31.7 Å². The minimum absolute atomic E-state index is 0. The highest BCUT2D eigenvalue weighted by Crippen LogP contribution is 2.39. The monoisotopic (exact) mass is 471 g/mol. The Balaban J connectivity index is 0.00000259. The molecule has 0 fully saturated rings. The van der Waals surface area contributed by atoms with Crippen molar-refractivity contribution in [2.45, 2.75) is 25.7 Å². The highest BCUT2D eigenvalue weighted by atomic mass is 35.5. The van der Waals surface area contributed by atoms with E-state index < -0.39 is 0 Å².